The summed E-state index contributed by atoms with van der Waals surface area (Å²) in [5, 5.41) is 0. The van der Waals surface area contributed by atoms with Crippen LogP contribution in [0.2, 0.25) is 0 Å². The van der Waals surface area contributed by atoms with Crippen LogP contribution < -0.4 is 0 Å². The molecule has 2 unspecified atom stereocenters. The molecule has 0 radical (unpaired) electrons. The summed E-state index contributed by atoms with van der Waals surface area (Å²) in [7, 11) is 1.57. The fourth-order valence-electron chi connectivity index (χ4n) is 3.10. The summed E-state index contributed by atoms with van der Waals surface area (Å²) in [5.74, 6) is -1.04. The molecule has 1 aliphatic rings. The van der Waals surface area contributed by atoms with Crippen LogP contribution in [0.25, 0.3) is 0 Å². The summed E-state index contributed by atoms with van der Waals surface area (Å²) in [4.78, 5) is 24.7. The molecule has 0 aromatic heterocycles. The second-order valence-electron chi connectivity index (χ2n) is 5.93. The topological polar surface area (TPSA) is 52.6 Å². The highest BCUT2D eigenvalue weighted by atomic mass is 16.5. The molecule has 0 amide bonds. The Kier molecular flexibility index (Phi) is 7.20. The third-order valence-electron chi connectivity index (χ3n) is 4.13. The largest absolute Gasteiger partial charge is 0.465 e. The zero-order valence-electron chi connectivity index (χ0n) is 13.2. The van der Waals surface area contributed by atoms with Gasteiger partial charge in [-0.1, -0.05) is 33.1 Å². The van der Waals surface area contributed by atoms with Gasteiger partial charge in [-0.25, -0.2) is 0 Å². The molecule has 4 heteroatoms. The quantitative estimate of drug-likeness (QED) is 0.533. The van der Waals surface area contributed by atoms with Crippen molar-refractivity contribution in [1.82, 2.24) is 0 Å². The molecule has 2 atom stereocenters. The maximum Gasteiger partial charge on any atom is 0.316 e. The van der Waals surface area contributed by atoms with Crippen molar-refractivity contribution in [3.63, 3.8) is 0 Å². The Morgan fingerprint density at radius 1 is 1.15 bits per heavy atom. The summed E-state index contributed by atoms with van der Waals surface area (Å²) < 4.78 is 10.5. The standard InChI is InChI=1S/C16H28O4/c1-5-20-16(18)13(11(2)3)14(17)15(19-4)12-9-7-6-8-10-12/h11-13,15H,5-10H2,1-4H3. The Bertz CT molecular complexity index is 318. The van der Waals surface area contributed by atoms with Crippen molar-refractivity contribution in [2.75, 3.05) is 13.7 Å². The van der Waals surface area contributed by atoms with Gasteiger partial charge in [0.1, 0.15) is 12.0 Å². The minimum atomic E-state index is -0.707. The van der Waals surface area contributed by atoms with E-state index in [9.17, 15) is 9.59 Å². The van der Waals surface area contributed by atoms with Crippen LogP contribution in [0, 0.1) is 17.8 Å². The van der Waals surface area contributed by atoms with Crippen molar-refractivity contribution >= 4 is 11.8 Å². The van der Waals surface area contributed by atoms with Gasteiger partial charge in [-0.05, 0) is 31.6 Å². The minimum absolute atomic E-state index is 0.0669. The second-order valence-corrected chi connectivity index (χ2v) is 5.93. The molecule has 0 N–H and O–H groups in total. The summed E-state index contributed by atoms with van der Waals surface area (Å²) >= 11 is 0. The monoisotopic (exact) mass is 284 g/mol. The summed E-state index contributed by atoms with van der Waals surface area (Å²) in [5.41, 5.74) is 0. The SMILES string of the molecule is CCOC(=O)C(C(=O)C(OC)C1CCCCC1)C(C)C. The van der Waals surface area contributed by atoms with Gasteiger partial charge < -0.3 is 9.47 Å². The fourth-order valence-corrected chi connectivity index (χ4v) is 3.10. The average Bonchev–Trinajstić information content (AvgIpc) is 2.40. The van der Waals surface area contributed by atoms with Gasteiger partial charge in [-0.3, -0.25) is 9.59 Å². The van der Waals surface area contributed by atoms with Crippen molar-refractivity contribution < 1.29 is 19.1 Å². The van der Waals surface area contributed by atoms with E-state index in [4.69, 9.17) is 9.47 Å². The van der Waals surface area contributed by atoms with Crippen LogP contribution in [0.5, 0.6) is 0 Å². The number of hydrogen-bond acceptors (Lipinski definition) is 4. The van der Waals surface area contributed by atoms with Gasteiger partial charge >= 0.3 is 5.97 Å². The van der Waals surface area contributed by atoms with E-state index in [1.54, 1.807) is 14.0 Å². The molecule has 1 rings (SSSR count). The number of ether oxygens (including phenoxy) is 2. The van der Waals surface area contributed by atoms with Gasteiger partial charge in [0.2, 0.25) is 0 Å². The molecule has 1 fully saturated rings. The lowest BCUT2D eigenvalue weighted by Crippen LogP contribution is -2.42. The third kappa shape index (κ3) is 4.30. The summed E-state index contributed by atoms with van der Waals surface area (Å²) in [6, 6.07) is 0. The van der Waals surface area contributed by atoms with Crippen LogP contribution >= 0.6 is 0 Å². The first-order valence-electron chi connectivity index (χ1n) is 7.76. The van der Waals surface area contributed by atoms with Crippen LogP contribution in [0.15, 0.2) is 0 Å². The first-order valence-corrected chi connectivity index (χ1v) is 7.76. The van der Waals surface area contributed by atoms with Crippen LogP contribution in [0.4, 0.5) is 0 Å². The molecule has 116 valence electrons. The number of esters is 1. The Morgan fingerprint density at radius 2 is 1.75 bits per heavy atom. The minimum Gasteiger partial charge on any atom is -0.465 e. The van der Waals surface area contributed by atoms with Gasteiger partial charge in [0.05, 0.1) is 6.61 Å². The highest BCUT2D eigenvalue weighted by Crippen LogP contribution is 2.30. The Labute approximate surface area is 122 Å². The average molecular weight is 284 g/mol. The van der Waals surface area contributed by atoms with Crippen molar-refractivity contribution in [2.45, 2.75) is 59.0 Å². The van der Waals surface area contributed by atoms with Crippen molar-refractivity contribution in [3.05, 3.63) is 0 Å². The van der Waals surface area contributed by atoms with Crippen molar-refractivity contribution in [3.8, 4) is 0 Å². The maximum absolute atomic E-state index is 12.7. The highest BCUT2D eigenvalue weighted by Gasteiger charge is 2.39. The van der Waals surface area contributed by atoms with Gasteiger partial charge in [0.15, 0.2) is 5.78 Å². The number of carbonyl (C=O) groups is 2. The van der Waals surface area contributed by atoms with E-state index < -0.39 is 18.0 Å². The second kappa shape index (κ2) is 8.40. The number of Topliss-reactive ketones (excluding diaryl/α,β-unsaturated/α-hetero) is 1. The molecule has 0 bridgehead atoms. The lowest BCUT2D eigenvalue weighted by molar-refractivity contribution is -0.157. The number of hydrogen-bond donors (Lipinski definition) is 0. The molecule has 0 aliphatic heterocycles. The number of carbonyl (C=O) groups excluding carboxylic acids is 2. The predicted molar refractivity (Wildman–Crippen MR) is 77.3 cm³/mol. The van der Waals surface area contributed by atoms with Gasteiger partial charge in [0.25, 0.3) is 0 Å². The van der Waals surface area contributed by atoms with E-state index in [0.717, 1.165) is 25.7 Å². The molecule has 20 heavy (non-hydrogen) atoms. The number of methoxy groups -OCH3 is 1. The summed E-state index contributed by atoms with van der Waals surface area (Å²) in [6.45, 7) is 5.82. The van der Waals surface area contributed by atoms with E-state index in [-0.39, 0.29) is 17.6 Å². The van der Waals surface area contributed by atoms with Gasteiger partial charge in [-0.2, -0.15) is 0 Å². The predicted octanol–water partition coefficient (Wildman–Crippen LogP) is 2.99. The summed E-state index contributed by atoms with van der Waals surface area (Å²) in [6.07, 6.45) is 5.07. The van der Waals surface area contributed by atoms with E-state index in [2.05, 4.69) is 0 Å². The van der Waals surface area contributed by atoms with Crippen molar-refractivity contribution in [2.24, 2.45) is 17.8 Å². The highest BCUT2D eigenvalue weighted by molar-refractivity contribution is 6.01. The van der Waals surface area contributed by atoms with Crippen molar-refractivity contribution in [1.29, 1.82) is 0 Å². The molecule has 4 nitrogen and oxygen atoms in total. The zero-order valence-corrected chi connectivity index (χ0v) is 13.2. The van der Waals surface area contributed by atoms with Crippen LogP contribution in [0.1, 0.15) is 52.9 Å². The zero-order chi connectivity index (χ0) is 15.1. The Balaban J connectivity index is 2.81. The molecule has 0 saturated heterocycles. The first kappa shape index (κ1) is 17.2. The molecular formula is C16H28O4. The lowest BCUT2D eigenvalue weighted by Gasteiger charge is -2.31. The third-order valence-corrected chi connectivity index (χ3v) is 4.13. The number of ketones is 1. The smallest absolute Gasteiger partial charge is 0.316 e. The Hall–Kier alpha value is -0.900. The maximum atomic E-state index is 12.7. The van der Waals surface area contributed by atoms with E-state index in [1.807, 2.05) is 13.8 Å². The molecule has 1 saturated carbocycles. The molecule has 0 spiro atoms. The molecular weight excluding hydrogens is 256 g/mol. The van der Waals surface area contributed by atoms with Gasteiger partial charge in [-0.15, -0.1) is 0 Å². The normalized spacial score (nSPS) is 19.6. The fraction of sp³-hybridized carbons (Fsp3) is 0.875. The van der Waals surface area contributed by atoms with Crippen LogP contribution in [-0.4, -0.2) is 31.6 Å². The van der Waals surface area contributed by atoms with E-state index in [0.29, 0.717) is 6.61 Å². The van der Waals surface area contributed by atoms with Crippen LogP contribution in [-0.2, 0) is 19.1 Å². The first-order chi connectivity index (χ1) is 9.52. The van der Waals surface area contributed by atoms with E-state index >= 15 is 0 Å². The van der Waals surface area contributed by atoms with E-state index in [1.165, 1.54) is 6.42 Å². The molecule has 1 aliphatic carbocycles. The van der Waals surface area contributed by atoms with Crippen LogP contribution in [0.3, 0.4) is 0 Å². The Morgan fingerprint density at radius 3 is 2.20 bits per heavy atom. The number of rotatable bonds is 7. The molecule has 0 aromatic carbocycles. The molecule has 0 aromatic rings. The van der Waals surface area contributed by atoms with Gasteiger partial charge in [0, 0.05) is 7.11 Å². The lowest BCUT2D eigenvalue weighted by atomic mass is 9.79. The molecule has 0 heterocycles.